The molecule has 0 radical (unpaired) electrons. The van der Waals surface area contributed by atoms with Gasteiger partial charge in [0, 0.05) is 13.2 Å². The zero-order valence-electron chi connectivity index (χ0n) is 9.99. The standard InChI is InChI=1S/C11H24N2O2/c1-4-9(5-6-14)7-13-11(15)10(12)8(2)3/h8-10,14H,4-7,12H2,1-3H3,(H,13,15). The van der Waals surface area contributed by atoms with Crippen molar-refractivity contribution in [3.8, 4) is 0 Å². The number of hydrogen-bond donors (Lipinski definition) is 3. The topological polar surface area (TPSA) is 75.3 Å². The summed E-state index contributed by atoms with van der Waals surface area (Å²) in [5, 5.41) is 11.6. The molecule has 2 atom stereocenters. The average molecular weight is 216 g/mol. The van der Waals surface area contributed by atoms with Crippen molar-refractivity contribution in [1.29, 1.82) is 0 Å². The van der Waals surface area contributed by atoms with Crippen LogP contribution in [0.25, 0.3) is 0 Å². The van der Waals surface area contributed by atoms with Gasteiger partial charge >= 0.3 is 0 Å². The van der Waals surface area contributed by atoms with E-state index in [1.165, 1.54) is 0 Å². The van der Waals surface area contributed by atoms with Gasteiger partial charge in [0.15, 0.2) is 0 Å². The molecule has 4 heteroatoms. The minimum Gasteiger partial charge on any atom is -0.396 e. The summed E-state index contributed by atoms with van der Waals surface area (Å²) in [6.45, 7) is 6.68. The second-order valence-corrected chi connectivity index (χ2v) is 4.30. The SMILES string of the molecule is CCC(CCO)CNC(=O)C(N)C(C)C. The lowest BCUT2D eigenvalue weighted by Crippen LogP contribution is -2.45. The third kappa shape index (κ3) is 5.74. The fraction of sp³-hybridized carbons (Fsp3) is 0.909. The Bertz CT molecular complexity index is 183. The minimum absolute atomic E-state index is 0.0959. The van der Waals surface area contributed by atoms with E-state index < -0.39 is 6.04 Å². The summed E-state index contributed by atoms with van der Waals surface area (Å²) < 4.78 is 0. The number of rotatable bonds is 7. The van der Waals surface area contributed by atoms with Gasteiger partial charge in [0.2, 0.25) is 5.91 Å². The number of hydrogen-bond acceptors (Lipinski definition) is 3. The summed E-state index contributed by atoms with van der Waals surface area (Å²) in [5.41, 5.74) is 5.70. The van der Waals surface area contributed by atoms with Crippen molar-refractivity contribution in [3.05, 3.63) is 0 Å². The van der Waals surface area contributed by atoms with Gasteiger partial charge in [-0.25, -0.2) is 0 Å². The van der Waals surface area contributed by atoms with E-state index in [2.05, 4.69) is 12.2 Å². The summed E-state index contributed by atoms with van der Waals surface area (Å²) >= 11 is 0. The Labute approximate surface area is 92.2 Å². The van der Waals surface area contributed by atoms with Gasteiger partial charge in [0.25, 0.3) is 0 Å². The van der Waals surface area contributed by atoms with E-state index in [1.807, 2.05) is 13.8 Å². The lowest BCUT2D eigenvalue weighted by atomic mass is 10.0. The fourth-order valence-corrected chi connectivity index (χ4v) is 1.30. The Hall–Kier alpha value is -0.610. The zero-order valence-corrected chi connectivity index (χ0v) is 9.99. The average Bonchev–Trinajstić information content (AvgIpc) is 2.22. The highest BCUT2D eigenvalue weighted by Gasteiger charge is 2.17. The van der Waals surface area contributed by atoms with Gasteiger partial charge in [-0.3, -0.25) is 4.79 Å². The van der Waals surface area contributed by atoms with E-state index in [0.29, 0.717) is 12.5 Å². The maximum absolute atomic E-state index is 11.5. The first-order valence-electron chi connectivity index (χ1n) is 5.67. The van der Waals surface area contributed by atoms with Gasteiger partial charge in [-0.1, -0.05) is 27.2 Å². The van der Waals surface area contributed by atoms with Crippen molar-refractivity contribution in [2.75, 3.05) is 13.2 Å². The summed E-state index contributed by atoms with van der Waals surface area (Å²) in [5.74, 6) is 0.405. The van der Waals surface area contributed by atoms with Gasteiger partial charge in [-0.2, -0.15) is 0 Å². The maximum atomic E-state index is 11.5. The zero-order chi connectivity index (χ0) is 11.8. The summed E-state index contributed by atoms with van der Waals surface area (Å²) in [6.07, 6.45) is 1.69. The number of carbonyl (C=O) groups is 1. The first-order valence-corrected chi connectivity index (χ1v) is 5.67. The fourth-order valence-electron chi connectivity index (χ4n) is 1.30. The van der Waals surface area contributed by atoms with E-state index in [9.17, 15) is 4.79 Å². The normalized spacial score (nSPS) is 15.1. The molecule has 0 saturated carbocycles. The lowest BCUT2D eigenvalue weighted by molar-refractivity contribution is -0.123. The van der Waals surface area contributed by atoms with Crippen molar-refractivity contribution >= 4 is 5.91 Å². The Kier molecular flexibility index (Phi) is 7.34. The largest absolute Gasteiger partial charge is 0.396 e. The summed E-state index contributed by atoms with van der Waals surface area (Å²) in [4.78, 5) is 11.5. The van der Waals surface area contributed by atoms with Crippen molar-refractivity contribution in [3.63, 3.8) is 0 Å². The first kappa shape index (κ1) is 14.4. The van der Waals surface area contributed by atoms with E-state index >= 15 is 0 Å². The van der Waals surface area contributed by atoms with Gasteiger partial charge in [-0.05, 0) is 18.3 Å². The molecule has 4 nitrogen and oxygen atoms in total. The molecule has 0 saturated heterocycles. The Morgan fingerprint density at radius 3 is 2.47 bits per heavy atom. The molecule has 0 rings (SSSR count). The number of aliphatic hydroxyl groups is 1. The predicted octanol–water partition coefficient (Wildman–Crippen LogP) is 0.494. The molecule has 2 unspecified atom stereocenters. The molecule has 0 fully saturated rings. The smallest absolute Gasteiger partial charge is 0.237 e. The van der Waals surface area contributed by atoms with Crippen LogP contribution in [-0.2, 0) is 4.79 Å². The third-order valence-electron chi connectivity index (χ3n) is 2.70. The molecular weight excluding hydrogens is 192 g/mol. The molecule has 90 valence electrons. The highest BCUT2D eigenvalue weighted by Crippen LogP contribution is 2.06. The van der Waals surface area contributed by atoms with E-state index in [4.69, 9.17) is 10.8 Å². The summed E-state index contributed by atoms with van der Waals surface area (Å²) in [7, 11) is 0. The first-order chi connectivity index (χ1) is 7.02. The monoisotopic (exact) mass is 216 g/mol. The van der Waals surface area contributed by atoms with Crippen LogP contribution in [0.4, 0.5) is 0 Å². The highest BCUT2D eigenvalue weighted by molar-refractivity contribution is 5.81. The van der Waals surface area contributed by atoms with Crippen LogP contribution in [0.3, 0.4) is 0 Å². The third-order valence-corrected chi connectivity index (χ3v) is 2.70. The van der Waals surface area contributed by atoms with Crippen LogP contribution >= 0.6 is 0 Å². The Morgan fingerprint density at radius 2 is 2.07 bits per heavy atom. The number of aliphatic hydroxyl groups excluding tert-OH is 1. The van der Waals surface area contributed by atoms with Crippen molar-refractivity contribution in [1.82, 2.24) is 5.32 Å². The van der Waals surface area contributed by atoms with Crippen molar-refractivity contribution in [2.24, 2.45) is 17.6 Å². The predicted molar refractivity (Wildman–Crippen MR) is 61.3 cm³/mol. The molecule has 1 amide bonds. The van der Waals surface area contributed by atoms with Crippen LogP contribution in [0.2, 0.25) is 0 Å². The van der Waals surface area contributed by atoms with Crippen molar-refractivity contribution < 1.29 is 9.90 Å². The van der Waals surface area contributed by atoms with Crippen LogP contribution in [0.5, 0.6) is 0 Å². The number of amides is 1. The molecule has 0 aromatic heterocycles. The molecule has 15 heavy (non-hydrogen) atoms. The van der Waals surface area contributed by atoms with Crippen LogP contribution in [0, 0.1) is 11.8 Å². The van der Waals surface area contributed by atoms with Gasteiger partial charge < -0.3 is 16.2 Å². The highest BCUT2D eigenvalue weighted by atomic mass is 16.3. The minimum atomic E-state index is -0.434. The molecule has 0 aliphatic carbocycles. The molecule has 0 aliphatic heterocycles. The molecule has 0 aromatic carbocycles. The Morgan fingerprint density at radius 1 is 1.47 bits per heavy atom. The number of nitrogens with two attached hydrogens (primary N) is 1. The molecule has 0 spiro atoms. The molecule has 4 N–H and O–H groups in total. The van der Waals surface area contributed by atoms with Crippen molar-refractivity contribution in [2.45, 2.75) is 39.7 Å². The number of carbonyl (C=O) groups excluding carboxylic acids is 1. The van der Waals surface area contributed by atoms with Crippen LogP contribution in [-0.4, -0.2) is 30.2 Å². The Balaban J connectivity index is 3.87. The van der Waals surface area contributed by atoms with E-state index in [0.717, 1.165) is 12.8 Å². The van der Waals surface area contributed by atoms with Crippen LogP contribution in [0.15, 0.2) is 0 Å². The van der Waals surface area contributed by atoms with Gasteiger partial charge in [0.05, 0.1) is 6.04 Å². The quantitative estimate of drug-likeness (QED) is 0.580. The molecular formula is C11H24N2O2. The maximum Gasteiger partial charge on any atom is 0.237 e. The van der Waals surface area contributed by atoms with Crippen LogP contribution in [0.1, 0.15) is 33.6 Å². The van der Waals surface area contributed by atoms with E-state index in [1.54, 1.807) is 0 Å². The lowest BCUT2D eigenvalue weighted by Gasteiger charge is -2.18. The molecule has 0 heterocycles. The molecule has 0 bridgehead atoms. The summed E-state index contributed by atoms with van der Waals surface area (Å²) in [6, 6.07) is -0.434. The molecule has 0 aliphatic rings. The van der Waals surface area contributed by atoms with Gasteiger partial charge in [0.1, 0.15) is 0 Å². The second-order valence-electron chi connectivity index (χ2n) is 4.30. The van der Waals surface area contributed by atoms with Gasteiger partial charge in [-0.15, -0.1) is 0 Å². The van der Waals surface area contributed by atoms with Crippen LogP contribution < -0.4 is 11.1 Å². The second kappa shape index (κ2) is 7.65. The van der Waals surface area contributed by atoms with E-state index in [-0.39, 0.29) is 18.4 Å². The number of nitrogens with one attached hydrogen (secondary N) is 1. The molecule has 0 aromatic rings.